The maximum Gasteiger partial charge on any atom is 0.264 e. The molecule has 122 valence electrons. The normalized spacial score (nSPS) is 11.1. The standard InChI is InChI=1S/C16H17ClN2O3S/c1-3-19(15-8-4-13(17)5-9-15)23(21,22)16-10-6-14(7-11-16)18-12(2)20/h4-11H,3H2,1-2H3,(H,18,20). The van der Waals surface area contributed by atoms with Gasteiger partial charge in [0.15, 0.2) is 0 Å². The summed E-state index contributed by atoms with van der Waals surface area (Å²) in [4.78, 5) is 11.2. The van der Waals surface area contributed by atoms with E-state index in [-0.39, 0.29) is 17.3 Å². The summed E-state index contributed by atoms with van der Waals surface area (Å²) in [5, 5.41) is 3.15. The van der Waals surface area contributed by atoms with E-state index < -0.39 is 10.0 Å². The highest BCUT2D eigenvalue weighted by Gasteiger charge is 2.23. The highest BCUT2D eigenvalue weighted by atomic mass is 35.5. The minimum absolute atomic E-state index is 0.156. The summed E-state index contributed by atoms with van der Waals surface area (Å²) in [6.45, 7) is 3.44. The van der Waals surface area contributed by atoms with Gasteiger partial charge < -0.3 is 5.32 Å². The zero-order valence-electron chi connectivity index (χ0n) is 12.8. The molecule has 2 aromatic rings. The van der Waals surface area contributed by atoms with Gasteiger partial charge in [0.05, 0.1) is 10.6 Å². The summed E-state index contributed by atoms with van der Waals surface area (Å²) in [5.41, 5.74) is 1.09. The first-order valence-electron chi connectivity index (χ1n) is 7.00. The molecular formula is C16H17ClN2O3S. The van der Waals surface area contributed by atoms with Crippen LogP contribution in [-0.2, 0) is 14.8 Å². The Bertz CT molecular complexity index is 787. The summed E-state index contributed by atoms with van der Waals surface area (Å²) < 4.78 is 26.9. The average molecular weight is 353 g/mol. The van der Waals surface area contributed by atoms with Gasteiger partial charge in [-0.2, -0.15) is 0 Å². The third kappa shape index (κ3) is 4.03. The third-order valence-corrected chi connectivity index (χ3v) is 5.33. The number of rotatable bonds is 5. The Balaban J connectivity index is 2.35. The van der Waals surface area contributed by atoms with Gasteiger partial charge in [-0.3, -0.25) is 9.10 Å². The van der Waals surface area contributed by atoms with Crippen molar-refractivity contribution in [3.8, 4) is 0 Å². The molecule has 0 aromatic heterocycles. The molecule has 2 rings (SSSR count). The lowest BCUT2D eigenvalue weighted by Gasteiger charge is -2.23. The van der Waals surface area contributed by atoms with Crippen molar-refractivity contribution in [2.45, 2.75) is 18.7 Å². The largest absolute Gasteiger partial charge is 0.326 e. The molecule has 0 aliphatic heterocycles. The summed E-state index contributed by atoms with van der Waals surface area (Å²) in [5.74, 6) is -0.211. The van der Waals surface area contributed by atoms with Crippen LogP contribution in [0.25, 0.3) is 0 Å². The molecule has 0 fully saturated rings. The van der Waals surface area contributed by atoms with Crippen LogP contribution < -0.4 is 9.62 Å². The number of anilines is 2. The van der Waals surface area contributed by atoms with Crippen molar-refractivity contribution in [2.75, 3.05) is 16.2 Å². The number of sulfonamides is 1. The summed E-state index contributed by atoms with van der Waals surface area (Å²) in [6.07, 6.45) is 0. The molecule has 7 heteroatoms. The predicted octanol–water partition coefficient (Wildman–Crippen LogP) is 3.51. The predicted molar refractivity (Wildman–Crippen MR) is 92.4 cm³/mol. The Morgan fingerprint density at radius 2 is 1.65 bits per heavy atom. The van der Waals surface area contributed by atoms with Gasteiger partial charge in [-0.1, -0.05) is 11.6 Å². The summed E-state index contributed by atoms with van der Waals surface area (Å²) >= 11 is 5.85. The second-order valence-electron chi connectivity index (χ2n) is 4.85. The smallest absolute Gasteiger partial charge is 0.264 e. The number of carbonyl (C=O) groups is 1. The molecule has 0 spiro atoms. The molecule has 0 unspecified atom stereocenters. The second-order valence-corrected chi connectivity index (χ2v) is 7.15. The van der Waals surface area contributed by atoms with E-state index in [1.807, 2.05) is 0 Å². The Morgan fingerprint density at radius 3 is 2.13 bits per heavy atom. The molecule has 0 atom stereocenters. The average Bonchev–Trinajstić information content (AvgIpc) is 2.49. The highest BCUT2D eigenvalue weighted by Crippen LogP contribution is 2.25. The van der Waals surface area contributed by atoms with Crippen molar-refractivity contribution >= 4 is 38.9 Å². The molecule has 0 aliphatic rings. The van der Waals surface area contributed by atoms with Gasteiger partial charge in [0.2, 0.25) is 5.91 Å². The van der Waals surface area contributed by atoms with Crippen LogP contribution >= 0.6 is 11.6 Å². The number of benzene rings is 2. The first-order valence-corrected chi connectivity index (χ1v) is 8.82. The van der Waals surface area contributed by atoms with Gasteiger partial charge in [-0.25, -0.2) is 8.42 Å². The van der Waals surface area contributed by atoms with Gasteiger partial charge in [-0.15, -0.1) is 0 Å². The molecule has 1 N–H and O–H groups in total. The van der Waals surface area contributed by atoms with E-state index in [1.165, 1.54) is 23.4 Å². The van der Waals surface area contributed by atoms with Gasteiger partial charge in [0.25, 0.3) is 10.0 Å². The number of amides is 1. The van der Waals surface area contributed by atoms with E-state index in [0.717, 1.165) is 0 Å². The molecule has 1 amide bonds. The molecular weight excluding hydrogens is 336 g/mol. The van der Waals surface area contributed by atoms with Crippen molar-refractivity contribution in [1.29, 1.82) is 0 Å². The van der Waals surface area contributed by atoms with Crippen LogP contribution in [0.5, 0.6) is 0 Å². The van der Waals surface area contributed by atoms with Crippen LogP contribution in [0.4, 0.5) is 11.4 Å². The van der Waals surface area contributed by atoms with Gasteiger partial charge in [0.1, 0.15) is 0 Å². The molecule has 0 saturated carbocycles. The second kappa shape index (κ2) is 7.02. The molecule has 0 saturated heterocycles. The SMILES string of the molecule is CCN(c1ccc(Cl)cc1)S(=O)(=O)c1ccc(NC(C)=O)cc1. The van der Waals surface area contributed by atoms with Crippen LogP contribution in [0.15, 0.2) is 53.4 Å². The van der Waals surface area contributed by atoms with Crippen LogP contribution in [0.1, 0.15) is 13.8 Å². The number of nitrogens with one attached hydrogen (secondary N) is 1. The Morgan fingerprint density at radius 1 is 1.09 bits per heavy atom. The van der Waals surface area contributed by atoms with Crippen LogP contribution in [-0.4, -0.2) is 20.9 Å². The summed E-state index contributed by atoms with van der Waals surface area (Å²) in [6, 6.07) is 12.7. The van der Waals surface area contributed by atoms with Crippen LogP contribution in [0, 0.1) is 0 Å². The Kier molecular flexibility index (Phi) is 5.28. The van der Waals surface area contributed by atoms with E-state index in [2.05, 4.69) is 5.32 Å². The molecule has 23 heavy (non-hydrogen) atoms. The lowest BCUT2D eigenvalue weighted by Crippen LogP contribution is -2.30. The Hall–Kier alpha value is -2.05. The number of hydrogen-bond acceptors (Lipinski definition) is 3. The topological polar surface area (TPSA) is 66.5 Å². The van der Waals surface area contributed by atoms with Gasteiger partial charge in [0, 0.05) is 24.2 Å². The number of halogens is 1. The quantitative estimate of drug-likeness (QED) is 0.895. The monoisotopic (exact) mass is 352 g/mol. The third-order valence-electron chi connectivity index (χ3n) is 3.16. The van der Waals surface area contributed by atoms with Crippen molar-refractivity contribution < 1.29 is 13.2 Å². The first-order chi connectivity index (χ1) is 10.8. The molecule has 0 heterocycles. The first kappa shape index (κ1) is 17.3. The number of carbonyl (C=O) groups excluding carboxylic acids is 1. The fraction of sp³-hybridized carbons (Fsp3) is 0.188. The minimum atomic E-state index is -3.68. The van der Waals surface area contributed by atoms with E-state index in [4.69, 9.17) is 11.6 Å². The van der Waals surface area contributed by atoms with E-state index in [1.54, 1.807) is 43.3 Å². The molecule has 2 aromatic carbocycles. The Labute approximate surface area is 140 Å². The zero-order valence-corrected chi connectivity index (χ0v) is 14.4. The maximum absolute atomic E-state index is 12.8. The maximum atomic E-state index is 12.8. The fourth-order valence-corrected chi connectivity index (χ4v) is 3.74. The highest BCUT2D eigenvalue weighted by molar-refractivity contribution is 7.92. The summed E-state index contributed by atoms with van der Waals surface area (Å²) in [7, 11) is -3.68. The van der Waals surface area contributed by atoms with Gasteiger partial charge >= 0.3 is 0 Å². The van der Waals surface area contributed by atoms with E-state index >= 15 is 0 Å². The minimum Gasteiger partial charge on any atom is -0.326 e. The van der Waals surface area contributed by atoms with Crippen LogP contribution in [0.2, 0.25) is 5.02 Å². The lowest BCUT2D eigenvalue weighted by atomic mass is 10.3. The molecule has 0 aliphatic carbocycles. The van der Waals surface area contributed by atoms with E-state index in [9.17, 15) is 13.2 Å². The van der Waals surface area contributed by atoms with Crippen LogP contribution in [0.3, 0.4) is 0 Å². The molecule has 5 nitrogen and oxygen atoms in total. The fourth-order valence-electron chi connectivity index (χ4n) is 2.14. The van der Waals surface area contributed by atoms with Crippen molar-refractivity contribution in [3.63, 3.8) is 0 Å². The van der Waals surface area contributed by atoms with Crippen molar-refractivity contribution in [2.24, 2.45) is 0 Å². The van der Waals surface area contributed by atoms with Crippen molar-refractivity contribution in [1.82, 2.24) is 0 Å². The zero-order chi connectivity index (χ0) is 17.0. The van der Waals surface area contributed by atoms with E-state index in [0.29, 0.717) is 16.4 Å². The molecule has 0 bridgehead atoms. The number of hydrogen-bond donors (Lipinski definition) is 1. The van der Waals surface area contributed by atoms with Gasteiger partial charge in [-0.05, 0) is 55.5 Å². The lowest BCUT2D eigenvalue weighted by molar-refractivity contribution is -0.114. The molecule has 0 radical (unpaired) electrons. The number of nitrogens with zero attached hydrogens (tertiary/aromatic N) is 1. The van der Waals surface area contributed by atoms with Crippen molar-refractivity contribution in [3.05, 3.63) is 53.6 Å².